The fourth-order valence-corrected chi connectivity index (χ4v) is 3.64. The Labute approximate surface area is 117 Å². The summed E-state index contributed by atoms with van der Waals surface area (Å²) in [4.78, 5) is 10.9. The van der Waals surface area contributed by atoms with Gasteiger partial charge in [0.1, 0.15) is 0 Å². The van der Waals surface area contributed by atoms with Crippen LogP contribution in [0.5, 0.6) is 0 Å². The molecule has 0 amide bonds. The molecule has 2 atom stereocenters. The van der Waals surface area contributed by atoms with E-state index in [9.17, 15) is 4.79 Å². The van der Waals surface area contributed by atoms with E-state index in [0.717, 1.165) is 33.0 Å². The maximum atomic E-state index is 10.9. The van der Waals surface area contributed by atoms with E-state index >= 15 is 0 Å². The molecule has 1 aromatic carbocycles. The number of hydrogen-bond donors (Lipinski definition) is 2. The maximum Gasteiger partial charge on any atom is 0.308 e. The molecule has 92 valence electrons. The van der Waals surface area contributed by atoms with E-state index in [0.29, 0.717) is 0 Å². The summed E-state index contributed by atoms with van der Waals surface area (Å²) in [7, 11) is 0. The van der Waals surface area contributed by atoms with Gasteiger partial charge >= 0.3 is 5.97 Å². The molecule has 1 fully saturated rings. The number of carboxylic acid groups (broad SMARTS) is 1. The average Bonchev–Trinajstić information content (AvgIpc) is 2.12. The summed E-state index contributed by atoms with van der Waals surface area (Å²) in [6, 6.07) is 4.06. The Balaban J connectivity index is 2.17. The SMILES string of the molecule is Cc1cc(Br)c(NC2CCC2C(=O)O)c(Br)c1. The largest absolute Gasteiger partial charge is 0.481 e. The molecule has 1 aliphatic rings. The van der Waals surface area contributed by atoms with Crippen molar-refractivity contribution in [1.82, 2.24) is 0 Å². The van der Waals surface area contributed by atoms with E-state index in [4.69, 9.17) is 5.11 Å². The number of aryl methyl sites for hydroxylation is 1. The van der Waals surface area contributed by atoms with Crippen molar-refractivity contribution in [1.29, 1.82) is 0 Å². The number of aliphatic carboxylic acids is 1. The third-order valence-corrected chi connectivity index (χ3v) is 4.36. The number of halogens is 2. The third-order valence-electron chi connectivity index (χ3n) is 3.11. The van der Waals surface area contributed by atoms with Crippen molar-refractivity contribution in [3.63, 3.8) is 0 Å². The fraction of sp³-hybridized carbons (Fsp3) is 0.417. The van der Waals surface area contributed by atoms with Crippen LogP contribution in [0.1, 0.15) is 18.4 Å². The first-order valence-electron chi connectivity index (χ1n) is 5.44. The van der Waals surface area contributed by atoms with E-state index in [1.54, 1.807) is 0 Å². The molecule has 0 radical (unpaired) electrons. The number of nitrogens with one attached hydrogen (secondary N) is 1. The van der Waals surface area contributed by atoms with Crippen LogP contribution in [-0.4, -0.2) is 17.1 Å². The molecular weight excluding hydrogens is 350 g/mol. The van der Waals surface area contributed by atoms with Gasteiger partial charge in [-0.25, -0.2) is 0 Å². The molecule has 0 bridgehead atoms. The smallest absolute Gasteiger partial charge is 0.308 e. The zero-order valence-corrected chi connectivity index (χ0v) is 12.5. The van der Waals surface area contributed by atoms with Gasteiger partial charge in [-0.2, -0.15) is 0 Å². The van der Waals surface area contributed by atoms with Gasteiger partial charge in [0.25, 0.3) is 0 Å². The Morgan fingerprint density at radius 2 is 1.94 bits per heavy atom. The molecule has 3 nitrogen and oxygen atoms in total. The van der Waals surface area contributed by atoms with Gasteiger partial charge in [-0.05, 0) is 69.3 Å². The minimum Gasteiger partial charge on any atom is -0.481 e. The summed E-state index contributed by atoms with van der Waals surface area (Å²) < 4.78 is 1.92. The fourth-order valence-electron chi connectivity index (χ4n) is 1.99. The molecule has 2 unspecified atom stereocenters. The van der Waals surface area contributed by atoms with Crippen molar-refractivity contribution in [3.8, 4) is 0 Å². The van der Waals surface area contributed by atoms with Crippen molar-refractivity contribution < 1.29 is 9.90 Å². The Hall–Kier alpha value is -0.550. The predicted molar refractivity (Wildman–Crippen MR) is 74.3 cm³/mol. The van der Waals surface area contributed by atoms with Gasteiger partial charge in [0.05, 0.1) is 11.6 Å². The quantitative estimate of drug-likeness (QED) is 0.859. The number of anilines is 1. The van der Waals surface area contributed by atoms with Crippen LogP contribution in [0.2, 0.25) is 0 Å². The highest BCUT2D eigenvalue weighted by Gasteiger charge is 2.36. The van der Waals surface area contributed by atoms with Crippen molar-refractivity contribution >= 4 is 43.5 Å². The lowest BCUT2D eigenvalue weighted by molar-refractivity contribution is -0.144. The first kappa shape index (κ1) is 12.9. The molecule has 0 spiro atoms. The van der Waals surface area contributed by atoms with Gasteiger partial charge in [0.2, 0.25) is 0 Å². The Bertz CT molecular complexity index is 439. The average molecular weight is 363 g/mol. The summed E-state index contributed by atoms with van der Waals surface area (Å²) in [5.74, 6) is -0.983. The third kappa shape index (κ3) is 2.65. The lowest BCUT2D eigenvalue weighted by Gasteiger charge is -2.35. The number of hydrogen-bond acceptors (Lipinski definition) is 2. The first-order chi connectivity index (χ1) is 7.99. The molecule has 0 saturated heterocycles. The topological polar surface area (TPSA) is 49.3 Å². The molecule has 2 N–H and O–H groups in total. The normalized spacial score (nSPS) is 23.0. The second kappa shape index (κ2) is 4.98. The highest BCUT2D eigenvalue weighted by atomic mass is 79.9. The van der Waals surface area contributed by atoms with Gasteiger partial charge in [-0.3, -0.25) is 4.79 Å². The van der Waals surface area contributed by atoms with E-state index < -0.39 is 5.97 Å². The van der Waals surface area contributed by atoms with Crippen LogP contribution in [0.4, 0.5) is 5.69 Å². The van der Waals surface area contributed by atoms with Crippen molar-refractivity contribution in [3.05, 3.63) is 26.6 Å². The van der Waals surface area contributed by atoms with Gasteiger partial charge in [0, 0.05) is 15.0 Å². The monoisotopic (exact) mass is 361 g/mol. The molecule has 2 rings (SSSR count). The van der Waals surface area contributed by atoms with Gasteiger partial charge in [0.15, 0.2) is 0 Å². The number of carbonyl (C=O) groups is 1. The summed E-state index contributed by atoms with van der Waals surface area (Å²) >= 11 is 6.99. The second-order valence-electron chi connectivity index (χ2n) is 4.38. The molecule has 0 aromatic heterocycles. The molecule has 5 heteroatoms. The maximum absolute atomic E-state index is 10.9. The Morgan fingerprint density at radius 1 is 1.35 bits per heavy atom. The van der Waals surface area contributed by atoms with E-state index in [2.05, 4.69) is 37.2 Å². The lowest BCUT2D eigenvalue weighted by Crippen LogP contribution is -2.43. The van der Waals surface area contributed by atoms with E-state index in [-0.39, 0.29) is 12.0 Å². The van der Waals surface area contributed by atoms with E-state index in [1.807, 2.05) is 19.1 Å². The van der Waals surface area contributed by atoms with Gasteiger partial charge < -0.3 is 10.4 Å². The highest BCUT2D eigenvalue weighted by Crippen LogP contribution is 2.37. The number of benzene rings is 1. The van der Waals surface area contributed by atoms with Crippen LogP contribution in [0.3, 0.4) is 0 Å². The lowest BCUT2D eigenvalue weighted by atomic mass is 9.79. The van der Waals surface area contributed by atoms with Gasteiger partial charge in [-0.15, -0.1) is 0 Å². The Morgan fingerprint density at radius 3 is 2.35 bits per heavy atom. The summed E-state index contributed by atoms with van der Waals surface area (Å²) in [5, 5.41) is 12.3. The molecule has 0 aliphatic heterocycles. The molecule has 1 aliphatic carbocycles. The first-order valence-corrected chi connectivity index (χ1v) is 7.02. The summed E-state index contributed by atoms with van der Waals surface area (Å²) in [6.45, 7) is 2.02. The minimum atomic E-state index is -0.715. The van der Waals surface area contributed by atoms with Crippen LogP contribution in [0.15, 0.2) is 21.1 Å². The van der Waals surface area contributed by atoms with E-state index in [1.165, 1.54) is 0 Å². The zero-order chi connectivity index (χ0) is 12.6. The van der Waals surface area contributed by atoms with Crippen LogP contribution in [0.25, 0.3) is 0 Å². The van der Waals surface area contributed by atoms with Crippen LogP contribution < -0.4 is 5.32 Å². The molecule has 0 heterocycles. The van der Waals surface area contributed by atoms with Crippen LogP contribution >= 0.6 is 31.9 Å². The van der Waals surface area contributed by atoms with Crippen LogP contribution in [-0.2, 0) is 4.79 Å². The minimum absolute atomic E-state index is 0.0304. The highest BCUT2D eigenvalue weighted by molar-refractivity contribution is 9.11. The molecule has 1 aromatic rings. The summed E-state index contributed by atoms with van der Waals surface area (Å²) in [6.07, 6.45) is 1.66. The van der Waals surface area contributed by atoms with Gasteiger partial charge in [-0.1, -0.05) is 0 Å². The molecule has 1 saturated carbocycles. The Kier molecular flexibility index (Phi) is 3.78. The van der Waals surface area contributed by atoms with Crippen LogP contribution in [0, 0.1) is 12.8 Å². The molecule has 17 heavy (non-hydrogen) atoms. The number of rotatable bonds is 3. The van der Waals surface area contributed by atoms with Crippen molar-refractivity contribution in [2.45, 2.75) is 25.8 Å². The summed E-state index contributed by atoms with van der Waals surface area (Å²) in [5.41, 5.74) is 2.09. The molecular formula is C12H13Br2NO2. The predicted octanol–water partition coefficient (Wildman–Crippen LogP) is 3.80. The second-order valence-corrected chi connectivity index (χ2v) is 6.09. The number of carboxylic acids is 1. The zero-order valence-electron chi connectivity index (χ0n) is 9.34. The standard InChI is InChI=1S/C12H13Br2NO2/c1-6-4-8(13)11(9(14)5-6)15-10-3-2-7(10)12(16)17/h4-5,7,10,15H,2-3H2,1H3,(H,16,17). The van der Waals surface area contributed by atoms with Crippen molar-refractivity contribution in [2.75, 3.05) is 5.32 Å². The van der Waals surface area contributed by atoms with Crippen molar-refractivity contribution in [2.24, 2.45) is 5.92 Å².